The van der Waals surface area contributed by atoms with Crippen LogP contribution < -0.4 is 0 Å². The number of unbranched alkanes of at least 4 members (excludes halogenated alkanes) is 4. The second-order valence-electron chi connectivity index (χ2n) is 10.2. The summed E-state index contributed by atoms with van der Waals surface area (Å²) in [7, 11) is 0. The zero-order chi connectivity index (χ0) is 20.1. The Kier molecular flexibility index (Phi) is 7.47. The molecule has 1 aromatic carbocycles. The molecule has 0 spiro atoms. The van der Waals surface area contributed by atoms with E-state index in [-0.39, 0.29) is 17.2 Å². The maximum absolute atomic E-state index is 10.4. The van der Waals surface area contributed by atoms with Crippen LogP contribution >= 0.6 is 0 Å². The molecule has 3 nitrogen and oxygen atoms in total. The Balaban J connectivity index is 1.79. The zero-order valence-corrected chi connectivity index (χ0v) is 17.9. The SMILES string of the molecule is CC(C)(C)CCCCCc1cc(O)c(CCCCCC2(C)CC2)c(O)c1O. The lowest BCUT2D eigenvalue weighted by molar-refractivity contribution is 0.357. The number of aryl methyl sites for hydroxylation is 1. The molecule has 1 aliphatic rings. The van der Waals surface area contributed by atoms with Crippen LogP contribution in [0.3, 0.4) is 0 Å². The van der Waals surface area contributed by atoms with E-state index in [1.165, 1.54) is 38.5 Å². The minimum absolute atomic E-state index is 0.0379. The molecule has 0 atom stereocenters. The molecule has 0 radical (unpaired) electrons. The quantitative estimate of drug-likeness (QED) is 0.225. The minimum atomic E-state index is -0.117. The lowest BCUT2D eigenvalue weighted by atomic mass is 9.89. The van der Waals surface area contributed by atoms with Gasteiger partial charge in [-0.25, -0.2) is 0 Å². The van der Waals surface area contributed by atoms with E-state index in [1.807, 2.05) is 0 Å². The van der Waals surface area contributed by atoms with E-state index in [0.717, 1.165) is 25.7 Å². The molecule has 3 heteroatoms. The van der Waals surface area contributed by atoms with Gasteiger partial charge in [0.1, 0.15) is 5.75 Å². The Morgan fingerprint density at radius 3 is 2.11 bits per heavy atom. The standard InChI is InChI=1S/C24H40O3/c1-23(2,3)13-9-5-7-11-18-17-20(25)19(22(27)21(18)26)12-8-6-10-14-24(4)15-16-24/h17,25-27H,5-16H2,1-4H3. The summed E-state index contributed by atoms with van der Waals surface area (Å²) in [5, 5.41) is 31.0. The normalized spacial score (nSPS) is 15.9. The highest BCUT2D eigenvalue weighted by atomic mass is 16.3. The van der Waals surface area contributed by atoms with Crippen molar-refractivity contribution in [3.8, 4) is 17.2 Å². The summed E-state index contributed by atoms with van der Waals surface area (Å²) >= 11 is 0. The van der Waals surface area contributed by atoms with Crippen molar-refractivity contribution in [3.05, 3.63) is 17.2 Å². The van der Waals surface area contributed by atoms with Gasteiger partial charge in [0, 0.05) is 11.1 Å². The van der Waals surface area contributed by atoms with Crippen LogP contribution in [0.15, 0.2) is 6.07 Å². The Morgan fingerprint density at radius 2 is 1.48 bits per heavy atom. The van der Waals surface area contributed by atoms with Crippen LogP contribution in [0.5, 0.6) is 17.2 Å². The number of rotatable bonds is 11. The van der Waals surface area contributed by atoms with Gasteiger partial charge in [-0.1, -0.05) is 53.4 Å². The fourth-order valence-corrected chi connectivity index (χ4v) is 3.82. The number of hydrogen-bond donors (Lipinski definition) is 3. The maximum atomic E-state index is 10.4. The summed E-state index contributed by atoms with van der Waals surface area (Å²) < 4.78 is 0. The Hall–Kier alpha value is -1.38. The molecule has 0 heterocycles. The van der Waals surface area contributed by atoms with Crippen molar-refractivity contribution in [1.29, 1.82) is 0 Å². The number of benzene rings is 1. The number of hydrogen-bond acceptors (Lipinski definition) is 3. The molecule has 1 aromatic rings. The van der Waals surface area contributed by atoms with Crippen molar-refractivity contribution in [3.63, 3.8) is 0 Å². The molecule has 0 aromatic heterocycles. The number of phenols is 3. The molecular formula is C24H40O3. The van der Waals surface area contributed by atoms with Gasteiger partial charge < -0.3 is 15.3 Å². The van der Waals surface area contributed by atoms with Crippen LogP contribution in [-0.4, -0.2) is 15.3 Å². The Bertz CT molecular complexity index is 609. The lowest BCUT2D eigenvalue weighted by Crippen LogP contribution is -2.04. The Morgan fingerprint density at radius 1 is 0.852 bits per heavy atom. The van der Waals surface area contributed by atoms with E-state index < -0.39 is 0 Å². The molecule has 1 fully saturated rings. The van der Waals surface area contributed by atoms with Crippen molar-refractivity contribution in [2.75, 3.05) is 0 Å². The van der Waals surface area contributed by atoms with E-state index in [0.29, 0.717) is 34.8 Å². The van der Waals surface area contributed by atoms with E-state index in [9.17, 15) is 15.3 Å². The van der Waals surface area contributed by atoms with E-state index >= 15 is 0 Å². The molecule has 27 heavy (non-hydrogen) atoms. The summed E-state index contributed by atoms with van der Waals surface area (Å²) in [6, 6.07) is 1.65. The zero-order valence-electron chi connectivity index (χ0n) is 17.9. The lowest BCUT2D eigenvalue weighted by Gasteiger charge is -2.17. The third-order valence-corrected chi connectivity index (χ3v) is 6.12. The van der Waals surface area contributed by atoms with Gasteiger partial charge in [0.15, 0.2) is 11.5 Å². The van der Waals surface area contributed by atoms with Crippen molar-refractivity contribution >= 4 is 0 Å². The van der Waals surface area contributed by atoms with E-state index in [2.05, 4.69) is 27.7 Å². The van der Waals surface area contributed by atoms with Crippen molar-refractivity contribution in [2.24, 2.45) is 10.8 Å². The predicted molar refractivity (Wildman–Crippen MR) is 113 cm³/mol. The van der Waals surface area contributed by atoms with E-state index in [4.69, 9.17) is 0 Å². The Labute approximate surface area is 165 Å². The summed E-state index contributed by atoms with van der Waals surface area (Å²) in [5.41, 5.74) is 2.11. The molecule has 2 rings (SSSR count). The largest absolute Gasteiger partial charge is 0.508 e. The molecule has 1 aliphatic carbocycles. The van der Waals surface area contributed by atoms with Gasteiger partial charge in [0.05, 0.1) is 0 Å². The van der Waals surface area contributed by atoms with Crippen LogP contribution in [0, 0.1) is 10.8 Å². The molecule has 0 saturated heterocycles. The average Bonchev–Trinajstić information content (AvgIpc) is 3.30. The highest BCUT2D eigenvalue weighted by Crippen LogP contribution is 2.49. The second kappa shape index (κ2) is 9.21. The van der Waals surface area contributed by atoms with Gasteiger partial charge >= 0.3 is 0 Å². The highest BCUT2D eigenvalue weighted by molar-refractivity contribution is 5.56. The van der Waals surface area contributed by atoms with Gasteiger partial charge in [-0.15, -0.1) is 0 Å². The van der Waals surface area contributed by atoms with Crippen LogP contribution in [0.25, 0.3) is 0 Å². The minimum Gasteiger partial charge on any atom is -0.508 e. The molecule has 1 saturated carbocycles. The fraction of sp³-hybridized carbons (Fsp3) is 0.750. The van der Waals surface area contributed by atoms with E-state index in [1.54, 1.807) is 6.07 Å². The second-order valence-corrected chi connectivity index (χ2v) is 10.2. The average molecular weight is 377 g/mol. The first-order valence-electron chi connectivity index (χ1n) is 10.9. The topological polar surface area (TPSA) is 60.7 Å². The summed E-state index contributed by atoms with van der Waals surface area (Å²) in [6.45, 7) is 9.10. The smallest absolute Gasteiger partial charge is 0.164 e. The number of aromatic hydroxyl groups is 3. The monoisotopic (exact) mass is 376 g/mol. The molecule has 3 N–H and O–H groups in total. The van der Waals surface area contributed by atoms with Crippen molar-refractivity contribution in [1.82, 2.24) is 0 Å². The third kappa shape index (κ3) is 7.27. The third-order valence-electron chi connectivity index (χ3n) is 6.12. The summed E-state index contributed by atoms with van der Waals surface area (Å²) in [4.78, 5) is 0. The predicted octanol–water partition coefficient (Wildman–Crippen LogP) is 6.86. The summed E-state index contributed by atoms with van der Waals surface area (Å²) in [6.07, 6.45) is 13.0. The maximum Gasteiger partial charge on any atom is 0.164 e. The molecule has 154 valence electrons. The molecular weight excluding hydrogens is 336 g/mol. The van der Waals surface area contributed by atoms with Gasteiger partial charge in [0.25, 0.3) is 0 Å². The van der Waals surface area contributed by atoms with Gasteiger partial charge in [-0.3, -0.25) is 0 Å². The molecule has 0 aliphatic heterocycles. The van der Waals surface area contributed by atoms with Crippen LogP contribution in [-0.2, 0) is 12.8 Å². The van der Waals surface area contributed by atoms with Crippen LogP contribution in [0.2, 0.25) is 0 Å². The first kappa shape index (κ1) is 21.9. The molecule has 0 amide bonds. The fourth-order valence-electron chi connectivity index (χ4n) is 3.82. The molecule has 0 bridgehead atoms. The van der Waals surface area contributed by atoms with Crippen molar-refractivity contribution in [2.45, 2.75) is 105 Å². The molecule has 0 unspecified atom stereocenters. The summed E-state index contributed by atoms with van der Waals surface area (Å²) in [5.74, 6) is -0.0258. The van der Waals surface area contributed by atoms with Crippen molar-refractivity contribution < 1.29 is 15.3 Å². The highest BCUT2D eigenvalue weighted by Gasteiger charge is 2.35. The van der Waals surface area contributed by atoms with Gasteiger partial charge in [-0.2, -0.15) is 0 Å². The first-order valence-corrected chi connectivity index (χ1v) is 10.9. The van der Waals surface area contributed by atoms with Crippen LogP contribution in [0.1, 0.15) is 103 Å². The van der Waals surface area contributed by atoms with Gasteiger partial charge in [0.2, 0.25) is 0 Å². The van der Waals surface area contributed by atoms with Crippen LogP contribution in [0.4, 0.5) is 0 Å². The number of phenolic OH excluding ortho intramolecular Hbond substituents is 3. The van der Waals surface area contributed by atoms with Gasteiger partial charge in [-0.05, 0) is 68.3 Å². The first-order chi connectivity index (χ1) is 12.6.